The van der Waals surface area contributed by atoms with E-state index in [4.69, 9.17) is 19.9 Å². The molecule has 0 aliphatic carbocycles. The zero-order valence-electron chi connectivity index (χ0n) is 21.4. The van der Waals surface area contributed by atoms with Crippen LogP contribution in [0, 0.1) is 11.6 Å². The fourth-order valence-corrected chi connectivity index (χ4v) is 4.35. The van der Waals surface area contributed by atoms with Crippen LogP contribution in [-0.4, -0.2) is 30.8 Å². The lowest BCUT2D eigenvalue weighted by molar-refractivity contribution is 0.260. The zero-order valence-corrected chi connectivity index (χ0v) is 21.4. The molecule has 5 N–H and O–H groups in total. The third kappa shape index (κ3) is 5.71. The Hall–Kier alpha value is -4.80. The molecule has 9 nitrogen and oxygen atoms in total. The van der Waals surface area contributed by atoms with E-state index in [1.807, 2.05) is 12.1 Å². The van der Waals surface area contributed by atoms with Gasteiger partial charge < -0.3 is 35.9 Å². The van der Waals surface area contributed by atoms with Crippen LogP contribution >= 0.6 is 0 Å². The first-order chi connectivity index (χ1) is 18.9. The Kier molecular flexibility index (Phi) is 7.48. The predicted molar refractivity (Wildman–Crippen MR) is 146 cm³/mol. The van der Waals surface area contributed by atoms with E-state index in [0.717, 1.165) is 5.56 Å². The Labute approximate surface area is 224 Å². The monoisotopic (exact) mass is 534 g/mol. The molecule has 1 aliphatic rings. The summed E-state index contributed by atoms with van der Waals surface area (Å²) >= 11 is 0. The van der Waals surface area contributed by atoms with Crippen molar-refractivity contribution in [1.82, 2.24) is 9.97 Å². The number of nitrogens with zero attached hydrogens (tertiary/aromatic N) is 2. The average molecular weight is 535 g/mol. The molecule has 0 radical (unpaired) electrons. The standard InChI is InChI=1S/C28H28F2N6O3/c1-37-18-8-6-16(25(13-18)38-2)14-32-24-12-17(29)7-9-23(24)35-28-33-15-21(31)27(36-28)34-22-10-11-39-26-19(22)4-3-5-20(26)30/h3-9,12-13,15,22,32H,10-11,14,31H2,1-2H3,(H2,33,34,35,36)/t22-/m1/s1. The van der Waals surface area contributed by atoms with E-state index in [-0.39, 0.29) is 17.7 Å². The minimum absolute atomic E-state index is 0.225. The number of nitrogen functional groups attached to an aromatic ring is 1. The van der Waals surface area contributed by atoms with Crippen molar-refractivity contribution < 1.29 is 23.0 Å². The van der Waals surface area contributed by atoms with E-state index in [2.05, 4.69) is 25.9 Å². The third-order valence-electron chi connectivity index (χ3n) is 6.35. The first-order valence-corrected chi connectivity index (χ1v) is 12.3. The quantitative estimate of drug-likeness (QED) is 0.216. The summed E-state index contributed by atoms with van der Waals surface area (Å²) in [6.07, 6.45) is 2.08. The van der Waals surface area contributed by atoms with Crippen molar-refractivity contribution in [3.05, 3.63) is 83.6 Å². The Morgan fingerprint density at radius 3 is 2.74 bits per heavy atom. The van der Waals surface area contributed by atoms with Crippen LogP contribution in [0.1, 0.15) is 23.6 Å². The highest BCUT2D eigenvalue weighted by atomic mass is 19.1. The average Bonchev–Trinajstić information content (AvgIpc) is 2.95. The second kappa shape index (κ2) is 11.3. The number of nitrogens with one attached hydrogen (secondary N) is 3. The van der Waals surface area contributed by atoms with Crippen LogP contribution in [-0.2, 0) is 6.54 Å². The van der Waals surface area contributed by atoms with Crippen LogP contribution in [0.15, 0.2) is 60.8 Å². The van der Waals surface area contributed by atoms with E-state index < -0.39 is 11.6 Å². The second-order valence-electron chi connectivity index (χ2n) is 8.84. The molecule has 0 spiro atoms. The Morgan fingerprint density at radius 1 is 1.05 bits per heavy atom. The lowest BCUT2D eigenvalue weighted by Gasteiger charge is -2.27. The molecule has 2 heterocycles. The number of aromatic nitrogens is 2. The van der Waals surface area contributed by atoms with E-state index in [0.29, 0.717) is 59.5 Å². The first-order valence-electron chi connectivity index (χ1n) is 12.3. The molecule has 39 heavy (non-hydrogen) atoms. The number of hydrogen-bond donors (Lipinski definition) is 4. The predicted octanol–water partition coefficient (Wildman–Crippen LogP) is 5.65. The summed E-state index contributed by atoms with van der Waals surface area (Å²) in [5.74, 6) is 1.34. The van der Waals surface area contributed by atoms with Gasteiger partial charge in [-0.3, -0.25) is 0 Å². The van der Waals surface area contributed by atoms with Gasteiger partial charge in [0.05, 0.1) is 50.1 Å². The van der Waals surface area contributed by atoms with Crippen LogP contribution < -0.4 is 35.9 Å². The molecule has 5 rings (SSSR count). The van der Waals surface area contributed by atoms with Gasteiger partial charge in [-0.05, 0) is 36.4 Å². The largest absolute Gasteiger partial charge is 0.497 e. The summed E-state index contributed by atoms with van der Waals surface area (Å²) in [4.78, 5) is 8.82. The second-order valence-corrected chi connectivity index (χ2v) is 8.84. The molecule has 1 atom stereocenters. The topological polar surface area (TPSA) is 116 Å². The Balaban J connectivity index is 1.35. The summed E-state index contributed by atoms with van der Waals surface area (Å²) < 4.78 is 44.6. The highest BCUT2D eigenvalue weighted by Gasteiger charge is 2.25. The first kappa shape index (κ1) is 25.8. The molecule has 11 heteroatoms. The lowest BCUT2D eigenvalue weighted by Crippen LogP contribution is -2.22. The van der Waals surface area contributed by atoms with Crippen LogP contribution in [0.25, 0.3) is 0 Å². The number of nitrogens with two attached hydrogens (primary N) is 1. The number of halogens is 2. The van der Waals surface area contributed by atoms with E-state index in [9.17, 15) is 8.78 Å². The van der Waals surface area contributed by atoms with Gasteiger partial charge in [0.2, 0.25) is 5.95 Å². The van der Waals surface area contributed by atoms with Gasteiger partial charge in [0.1, 0.15) is 17.3 Å². The van der Waals surface area contributed by atoms with E-state index >= 15 is 0 Å². The number of anilines is 5. The Bertz CT molecular complexity index is 1490. The van der Waals surface area contributed by atoms with Gasteiger partial charge in [0, 0.05) is 30.2 Å². The number of hydrogen-bond acceptors (Lipinski definition) is 9. The van der Waals surface area contributed by atoms with E-state index in [1.165, 1.54) is 24.4 Å². The fourth-order valence-electron chi connectivity index (χ4n) is 4.35. The molecule has 4 aromatic rings. The molecular weight excluding hydrogens is 506 g/mol. The van der Waals surface area contributed by atoms with Gasteiger partial charge in [-0.15, -0.1) is 0 Å². The maximum atomic E-state index is 14.2. The molecule has 1 aliphatic heterocycles. The van der Waals surface area contributed by atoms with Crippen molar-refractivity contribution in [3.8, 4) is 17.2 Å². The van der Waals surface area contributed by atoms with Crippen LogP contribution in [0.3, 0.4) is 0 Å². The van der Waals surface area contributed by atoms with Gasteiger partial charge in [-0.2, -0.15) is 4.98 Å². The minimum atomic E-state index is -0.416. The highest BCUT2D eigenvalue weighted by molar-refractivity contribution is 5.74. The number of ether oxygens (including phenoxy) is 3. The van der Waals surface area contributed by atoms with Crippen molar-refractivity contribution >= 4 is 28.8 Å². The van der Waals surface area contributed by atoms with Crippen molar-refractivity contribution in [3.63, 3.8) is 0 Å². The number of fused-ring (bicyclic) bond motifs is 1. The smallest absolute Gasteiger partial charge is 0.229 e. The van der Waals surface area contributed by atoms with Crippen molar-refractivity contribution in [2.75, 3.05) is 42.5 Å². The summed E-state index contributed by atoms with van der Waals surface area (Å²) in [5.41, 5.74) is 9.08. The number of benzene rings is 3. The van der Waals surface area contributed by atoms with Crippen molar-refractivity contribution in [1.29, 1.82) is 0 Å². The molecule has 0 fully saturated rings. The molecular formula is C28H28F2N6O3. The van der Waals surface area contributed by atoms with Gasteiger partial charge in [-0.25, -0.2) is 13.8 Å². The normalized spacial score (nSPS) is 14.1. The fraction of sp³-hybridized carbons (Fsp3) is 0.214. The lowest BCUT2D eigenvalue weighted by atomic mass is 10.0. The summed E-state index contributed by atoms with van der Waals surface area (Å²) in [5, 5.41) is 9.66. The zero-order chi connectivity index (χ0) is 27.4. The molecule has 1 aromatic heterocycles. The molecule has 202 valence electrons. The SMILES string of the molecule is COc1ccc(CNc2cc(F)ccc2Nc2ncc(N)c(N[C@@H]3CCOc4c(F)cccc43)n2)c(OC)c1. The van der Waals surface area contributed by atoms with Gasteiger partial charge >= 0.3 is 0 Å². The summed E-state index contributed by atoms with van der Waals surface area (Å²) in [7, 11) is 3.16. The summed E-state index contributed by atoms with van der Waals surface area (Å²) in [6, 6.07) is 14.3. The molecule has 0 bridgehead atoms. The van der Waals surface area contributed by atoms with Gasteiger partial charge in [0.25, 0.3) is 0 Å². The Morgan fingerprint density at radius 2 is 1.92 bits per heavy atom. The van der Waals surface area contributed by atoms with Crippen LogP contribution in [0.2, 0.25) is 0 Å². The minimum Gasteiger partial charge on any atom is -0.497 e. The highest BCUT2D eigenvalue weighted by Crippen LogP contribution is 2.37. The maximum absolute atomic E-state index is 14.2. The van der Waals surface area contributed by atoms with Crippen LogP contribution in [0.4, 0.5) is 37.6 Å². The van der Waals surface area contributed by atoms with E-state index in [1.54, 1.807) is 38.5 Å². The molecule has 0 amide bonds. The third-order valence-corrected chi connectivity index (χ3v) is 6.35. The van der Waals surface area contributed by atoms with Crippen molar-refractivity contribution in [2.24, 2.45) is 0 Å². The summed E-state index contributed by atoms with van der Waals surface area (Å²) in [6.45, 7) is 0.714. The van der Waals surface area contributed by atoms with Gasteiger partial charge in [-0.1, -0.05) is 12.1 Å². The van der Waals surface area contributed by atoms with Crippen LogP contribution in [0.5, 0.6) is 17.2 Å². The molecule has 3 aromatic carbocycles. The molecule has 0 unspecified atom stereocenters. The molecule has 0 saturated carbocycles. The maximum Gasteiger partial charge on any atom is 0.229 e. The van der Waals surface area contributed by atoms with Gasteiger partial charge in [0.15, 0.2) is 17.4 Å². The number of para-hydroxylation sites is 1. The van der Waals surface area contributed by atoms with Crippen molar-refractivity contribution in [2.45, 2.75) is 19.0 Å². The number of methoxy groups -OCH3 is 2. The number of rotatable bonds is 9. The molecule has 0 saturated heterocycles.